The van der Waals surface area contributed by atoms with Crippen molar-refractivity contribution in [2.24, 2.45) is 5.73 Å². The lowest BCUT2D eigenvalue weighted by molar-refractivity contribution is 0.387. The van der Waals surface area contributed by atoms with E-state index in [9.17, 15) is 0 Å². The fraction of sp³-hybridized carbons (Fsp3) is 0.750. The quantitative estimate of drug-likeness (QED) is 0.248. The van der Waals surface area contributed by atoms with Crippen molar-refractivity contribution in [3.63, 3.8) is 0 Å². The maximum Gasteiger partial charge on any atom is 0.468 e. The number of nitrogens with one attached hydrogen (secondary N) is 1. The van der Waals surface area contributed by atoms with Crippen LogP contribution in [0, 0.1) is 5.41 Å². The molecule has 0 radical (unpaired) electrons. The molecule has 0 saturated heterocycles. The van der Waals surface area contributed by atoms with Gasteiger partial charge in [0.25, 0.3) is 0 Å². The molecule has 4 nitrogen and oxygen atoms in total. The van der Waals surface area contributed by atoms with E-state index >= 15 is 0 Å². The van der Waals surface area contributed by atoms with Crippen molar-refractivity contribution >= 4 is 24.0 Å². The number of hydrogen-bond donors (Lipinski definition) is 4. The van der Waals surface area contributed by atoms with Crippen molar-refractivity contribution in [3.05, 3.63) is 0 Å². The van der Waals surface area contributed by atoms with Gasteiger partial charge >= 0.3 is 7.12 Å². The molecular formula is C4H11BN2O2S. The minimum absolute atomic E-state index is 0.113. The second kappa shape index (κ2) is 3.27. The number of rotatable bonds is 2. The molecule has 0 fully saturated rings. The Morgan fingerprint density at radius 1 is 1.60 bits per heavy atom. The molecule has 6 heteroatoms. The molecule has 0 atom stereocenters. The molecule has 0 aliphatic heterocycles. The molecule has 0 aliphatic rings. The first-order valence-corrected chi connectivity index (χ1v) is 3.57. The largest absolute Gasteiger partial charge is 0.468 e. The van der Waals surface area contributed by atoms with Crippen molar-refractivity contribution in [1.29, 1.82) is 5.41 Å². The van der Waals surface area contributed by atoms with Crippen LogP contribution in [0.1, 0.15) is 13.8 Å². The van der Waals surface area contributed by atoms with E-state index in [-0.39, 0.29) is 5.17 Å². The highest BCUT2D eigenvalue weighted by atomic mass is 32.2. The van der Waals surface area contributed by atoms with E-state index in [1.807, 2.05) is 0 Å². The third-order valence-electron chi connectivity index (χ3n) is 0.995. The molecule has 0 amide bonds. The second-order valence-electron chi connectivity index (χ2n) is 2.44. The topological polar surface area (TPSA) is 90.3 Å². The summed E-state index contributed by atoms with van der Waals surface area (Å²) >= 11 is 0.926. The predicted octanol–water partition coefficient (Wildman–Crippen LogP) is -0.596. The number of hydrogen-bond acceptors (Lipinski definition) is 4. The fourth-order valence-electron chi connectivity index (χ4n) is 0.336. The van der Waals surface area contributed by atoms with E-state index in [0.717, 1.165) is 11.8 Å². The van der Waals surface area contributed by atoms with Gasteiger partial charge in [0.1, 0.15) is 0 Å². The van der Waals surface area contributed by atoms with Gasteiger partial charge in [0.05, 0.1) is 4.65 Å². The summed E-state index contributed by atoms with van der Waals surface area (Å²) in [5.41, 5.74) is 5.04. The molecule has 0 heterocycles. The second-order valence-corrected chi connectivity index (χ2v) is 4.14. The third kappa shape index (κ3) is 3.10. The minimum Gasteiger partial charge on any atom is -0.426 e. The van der Waals surface area contributed by atoms with E-state index in [1.165, 1.54) is 0 Å². The standard InChI is InChI=1S/C4H11BN2O2S/c1-4(2,5(8)9)10-3(6)7/h8-9H,1-2H3,(H3,6,7). The van der Waals surface area contributed by atoms with Crippen LogP contribution in [-0.4, -0.2) is 27.0 Å². The number of amidine groups is 1. The van der Waals surface area contributed by atoms with Gasteiger partial charge in [0.2, 0.25) is 0 Å². The van der Waals surface area contributed by atoms with Gasteiger partial charge < -0.3 is 15.8 Å². The molecule has 0 aromatic carbocycles. The van der Waals surface area contributed by atoms with Gasteiger partial charge in [0.15, 0.2) is 5.17 Å². The summed E-state index contributed by atoms with van der Waals surface area (Å²) in [6, 6.07) is 0. The zero-order valence-corrected chi connectivity index (χ0v) is 6.77. The van der Waals surface area contributed by atoms with Gasteiger partial charge in [-0.1, -0.05) is 25.6 Å². The first kappa shape index (κ1) is 9.80. The third-order valence-corrected chi connectivity index (χ3v) is 1.95. The Bertz CT molecular complexity index is 139. The van der Waals surface area contributed by atoms with Crippen molar-refractivity contribution in [1.82, 2.24) is 0 Å². The summed E-state index contributed by atoms with van der Waals surface area (Å²) in [6.07, 6.45) is 0. The van der Waals surface area contributed by atoms with Crippen LogP contribution in [0.25, 0.3) is 0 Å². The Kier molecular flexibility index (Phi) is 3.21. The molecule has 0 bridgehead atoms. The summed E-state index contributed by atoms with van der Waals surface area (Å²) < 4.78 is -0.800. The van der Waals surface area contributed by atoms with Crippen molar-refractivity contribution in [2.45, 2.75) is 18.5 Å². The van der Waals surface area contributed by atoms with Gasteiger partial charge in [0, 0.05) is 0 Å². The highest BCUT2D eigenvalue weighted by Crippen LogP contribution is 2.24. The summed E-state index contributed by atoms with van der Waals surface area (Å²) in [4.78, 5) is 0. The fourth-order valence-corrected chi connectivity index (χ4v) is 1.01. The molecule has 0 rings (SSSR count). The maximum atomic E-state index is 8.71. The Morgan fingerprint density at radius 2 is 2.00 bits per heavy atom. The molecule has 5 N–H and O–H groups in total. The van der Waals surface area contributed by atoms with E-state index < -0.39 is 11.8 Å². The van der Waals surface area contributed by atoms with Crippen molar-refractivity contribution < 1.29 is 10.0 Å². The van der Waals surface area contributed by atoms with Crippen LogP contribution >= 0.6 is 11.8 Å². The minimum atomic E-state index is -1.46. The van der Waals surface area contributed by atoms with Crippen LogP contribution in [0.5, 0.6) is 0 Å². The highest BCUT2D eigenvalue weighted by Gasteiger charge is 2.33. The Hall–Kier alpha value is -0.195. The Morgan fingerprint density at radius 3 is 2.10 bits per heavy atom. The van der Waals surface area contributed by atoms with Crippen LogP contribution in [0.3, 0.4) is 0 Å². The predicted molar refractivity (Wildman–Crippen MR) is 43.8 cm³/mol. The summed E-state index contributed by atoms with van der Waals surface area (Å²) in [7, 11) is -1.46. The highest BCUT2D eigenvalue weighted by molar-refractivity contribution is 8.15. The zero-order valence-electron chi connectivity index (χ0n) is 5.96. The van der Waals surface area contributed by atoms with Gasteiger partial charge in [-0.05, 0) is 0 Å². The summed E-state index contributed by atoms with van der Waals surface area (Å²) in [6.45, 7) is 3.20. The van der Waals surface area contributed by atoms with Crippen LogP contribution < -0.4 is 5.73 Å². The first-order chi connectivity index (χ1) is 4.36. The maximum absolute atomic E-state index is 8.71. The Labute approximate surface area is 64.5 Å². The lowest BCUT2D eigenvalue weighted by Gasteiger charge is -2.20. The van der Waals surface area contributed by atoms with Gasteiger partial charge in [-0.15, -0.1) is 0 Å². The summed E-state index contributed by atoms with van der Waals surface area (Å²) in [5.74, 6) is 0. The van der Waals surface area contributed by atoms with E-state index in [4.69, 9.17) is 21.2 Å². The van der Waals surface area contributed by atoms with Crippen LogP contribution in [0.15, 0.2) is 0 Å². The van der Waals surface area contributed by atoms with Gasteiger partial charge in [-0.3, -0.25) is 5.41 Å². The average Bonchev–Trinajstić information content (AvgIpc) is 1.60. The van der Waals surface area contributed by atoms with E-state index in [1.54, 1.807) is 13.8 Å². The first-order valence-electron chi connectivity index (χ1n) is 2.75. The van der Waals surface area contributed by atoms with Crippen LogP contribution in [-0.2, 0) is 0 Å². The molecule has 0 aliphatic carbocycles. The van der Waals surface area contributed by atoms with Crippen LogP contribution in [0.2, 0.25) is 0 Å². The molecule has 0 unspecified atom stereocenters. The average molecular weight is 162 g/mol. The normalized spacial score (nSPS) is 11.2. The lowest BCUT2D eigenvalue weighted by Crippen LogP contribution is -2.39. The monoisotopic (exact) mass is 162 g/mol. The lowest BCUT2D eigenvalue weighted by atomic mass is 9.75. The molecule has 0 aromatic heterocycles. The zero-order chi connectivity index (χ0) is 8.36. The van der Waals surface area contributed by atoms with Crippen molar-refractivity contribution in [3.8, 4) is 0 Å². The molecule has 0 spiro atoms. The summed E-state index contributed by atoms with van der Waals surface area (Å²) in [5, 5.41) is 24.2. The molecule has 0 aromatic rings. The van der Waals surface area contributed by atoms with E-state index in [0.29, 0.717) is 0 Å². The van der Waals surface area contributed by atoms with Crippen LogP contribution in [0.4, 0.5) is 0 Å². The van der Waals surface area contributed by atoms with Gasteiger partial charge in [-0.25, -0.2) is 0 Å². The molecular weight excluding hydrogens is 151 g/mol. The SMILES string of the molecule is CC(C)(SC(=N)N)B(O)O. The van der Waals surface area contributed by atoms with Gasteiger partial charge in [-0.2, -0.15) is 0 Å². The molecule has 0 saturated carbocycles. The number of thioether (sulfide) groups is 1. The molecule has 10 heavy (non-hydrogen) atoms. The Balaban J connectivity index is 3.99. The number of nitrogens with two attached hydrogens (primary N) is 1. The smallest absolute Gasteiger partial charge is 0.426 e. The van der Waals surface area contributed by atoms with E-state index in [2.05, 4.69) is 0 Å². The van der Waals surface area contributed by atoms with Crippen molar-refractivity contribution in [2.75, 3.05) is 0 Å². The molecule has 58 valence electrons.